The van der Waals surface area contributed by atoms with Crippen LogP contribution in [0.5, 0.6) is 0 Å². The number of thiophene rings is 1. The number of nitrogens with one attached hydrogen (secondary N) is 2. The third kappa shape index (κ3) is 4.00. The van der Waals surface area contributed by atoms with Crippen molar-refractivity contribution in [2.45, 2.75) is 32.1 Å². The van der Waals surface area contributed by atoms with Gasteiger partial charge in [0.25, 0.3) is 11.8 Å². The predicted molar refractivity (Wildman–Crippen MR) is 125 cm³/mol. The van der Waals surface area contributed by atoms with E-state index in [1.165, 1.54) is 21.8 Å². The molecule has 6 nitrogen and oxygen atoms in total. The summed E-state index contributed by atoms with van der Waals surface area (Å²) in [4.78, 5) is 41.8. The number of hydrazine groups is 1. The summed E-state index contributed by atoms with van der Waals surface area (Å²) < 4.78 is 0. The zero-order chi connectivity index (χ0) is 22.1. The topological polar surface area (TPSA) is 78.5 Å². The van der Waals surface area contributed by atoms with Gasteiger partial charge < -0.3 is 4.90 Å². The van der Waals surface area contributed by atoms with Gasteiger partial charge in [0.15, 0.2) is 0 Å². The van der Waals surface area contributed by atoms with Crippen LogP contribution in [0.3, 0.4) is 0 Å². The summed E-state index contributed by atoms with van der Waals surface area (Å²) in [7, 11) is 0. The first kappa shape index (κ1) is 20.7. The number of carbonyl (C=O) groups is 3. The molecule has 1 fully saturated rings. The van der Waals surface area contributed by atoms with Crippen molar-refractivity contribution < 1.29 is 14.4 Å². The molecule has 2 aromatic carbocycles. The molecule has 0 unspecified atom stereocenters. The zero-order valence-corrected chi connectivity index (χ0v) is 18.5. The fraction of sp³-hybridized carbons (Fsp3) is 0.320. The number of rotatable bonds is 3. The molecule has 164 valence electrons. The van der Waals surface area contributed by atoms with E-state index in [1.807, 2.05) is 53.4 Å². The number of nitrogens with zero attached hydrogens (tertiary/aromatic N) is 1. The molecular formula is C25H25N3O3S. The number of benzene rings is 2. The molecule has 1 aliphatic heterocycles. The van der Waals surface area contributed by atoms with Crippen LogP contribution in [0.1, 0.15) is 49.7 Å². The largest absolute Gasteiger partial charge is 0.339 e. The van der Waals surface area contributed by atoms with Crippen LogP contribution in [-0.2, 0) is 17.6 Å². The molecule has 0 bridgehead atoms. The molecule has 0 saturated carbocycles. The van der Waals surface area contributed by atoms with Gasteiger partial charge in [-0.3, -0.25) is 25.2 Å². The van der Waals surface area contributed by atoms with Gasteiger partial charge in [0.1, 0.15) is 0 Å². The maximum absolute atomic E-state index is 13.1. The summed E-state index contributed by atoms with van der Waals surface area (Å²) in [5.74, 6) is -0.680. The highest BCUT2D eigenvalue weighted by atomic mass is 32.1. The highest BCUT2D eigenvalue weighted by Gasteiger charge is 2.29. The van der Waals surface area contributed by atoms with Gasteiger partial charge in [-0.1, -0.05) is 36.4 Å². The van der Waals surface area contributed by atoms with Crippen LogP contribution in [0.15, 0.2) is 48.5 Å². The Morgan fingerprint density at radius 2 is 1.72 bits per heavy atom. The fourth-order valence-corrected chi connectivity index (χ4v) is 5.80. The molecule has 3 aromatic rings. The Labute approximate surface area is 190 Å². The molecule has 2 N–H and O–H groups in total. The Balaban J connectivity index is 1.15. The van der Waals surface area contributed by atoms with Crippen molar-refractivity contribution in [3.8, 4) is 0 Å². The van der Waals surface area contributed by atoms with E-state index in [1.54, 1.807) is 0 Å². The van der Waals surface area contributed by atoms with E-state index in [4.69, 9.17) is 0 Å². The van der Waals surface area contributed by atoms with Crippen LogP contribution in [0.4, 0.5) is 0 Å². The number of hydrogen-bond donors (Lipinski definition) is 2. The summed E-state index contributed by atoms with van der Waals surface area (Å²) >= 11 is 1.51. The van der Waals surface area contributed by atoms with Crippen molar-refractivity contribution in [3.63, 3.8) is 0 Å². The van der Waals surface area contributed by atoms with Gasteiger partial charge in [-0.25, -0.2) is 0 Å². The lowest BCUT2D eigenvalue weighted by atomic mass is 9.95. The maximum Gasteiger partial charge on any atom is 0.279 e. The predicted octanol–water partition coefficient (Wildman–Crippen LogP) is 3.70. The van der Waals surface area contributed by atoms with Crippen LogP contribution in [0, 0.1) is 5.92 Å². The summed E-state index contributed by atoms with van der Waals surface area (Å²) in [5.41, 5.74) is 7.09. The summed E-state index contributed by atoms with van der Waals surface area (Å²) in [6.45, 7) is 1.04. The van der Waals surface area contributed by atoms with E-state index < -0.39 is 0 Å². The Hall–Kier alpha value is -3.19. The number of carbonyl (C=O) groups excluding carboxylic acids is 3. The minimum Gasteiger partial charge on any atom is -0.339 e. The molecule has 2 aliphatic rings. The molecule has 0 radical (unpaired) electrons. The Kier molecular flexibility index (Phi) is 5.66. The van der Waals surface area contributed by atoms with Crippen molar-refractivity contribution in [2.24, 2.45) is 5.92 Å². The lowest BCUT2D eigenvalue weighted by Gasteiger charge is -2.31. The third-order valence-corrected chi connectivity index (χ3v) is 7.68. The number of likely N-dealkylation sites (tertiary alicyclic amines) is 1. The van der Waals surface area contributed by atoms with Gasteiger partial charge in [-0.15, -0.1) is 11.3 Å². The van der Waals surface area contributed by atoms with Crippen LogP contribution in [-0.4, -0.2) is 35.7 Å². The average molecular weight is 448 g/mol. The number of amides is 3. The van der Waals surface area contributed by atoms with Gasteiger partial charge >= 0.3 is 0 Å². The molecule has 32 heavy (non-hydrogen) atoms. The molecular weight excluding hydrogens is 422 g/mol. The first-order chi connectivity index (χ1) is 15.6. The number of fused-ring (bicyclic) bond motifs is 2. The van der Waals surface area contributed by atoms with Crippen molar-refractivity contribution in [3.05, 3.63) is 69.4 Å². The van der Waals surface area contributed by atoms with E-state index in [2.05, 4.69) is 10.9 Å². The van der Waals surface area contributed by atoms with Gasteiger partial charge in [-0.2, -0.15) is 0 Å². The van der Waals surface area contributed by atoms with Crippen LogP contribution in [0.2, 0.25) is 0 Å². The van der Waals surface area contributed by atoms with E-state index in [-0.39, 0.29) is 23.6 Å². The normalized spacial score (nSPS) is 16.1. The molecule has 0 spiro atoms. The monoisotopic (exact) mass is 447 g/mol. The average Bonchev–Trinajstić information content (AvgIpc) is 3.44. The van der Waals surface area contributed by atoms with Gasteiger partial charge in [0, 0.05) is 29.4 Å². The second-order valence-corrected chi connectivity index (χ2v) is 9.59. The molecule has 2 heterocycles. The molecule has 5 rings (SSSR count). The molecule has 1 saturated heterocycles. The van der Waals surface area contributed by atoms with Gasteiger partial charge in [-0.05, 0) is 60.6 Å². The second kappa shape index (κ2) is 8.74. The van der Waals surface area contributed by atoms with Crippen LogP contribution < -0.4 is 10.9 Å². The Morgan fingerprint density at radius 3 is 2.53 bits per heavy atom. The number of hydrogen-bond acceptors (Lipinski definition) is 4. The molecule has 3 amide bonds. The maximum atomic E-state index is 13.1. The summed E-state index contributed by atoms with van der Waals surface area (Å²) in [6, 6.07) is 15.6. The number of piperidine rings is 1. The van der Waals surface area contributed by atoms with Crippen molar-refractivity contribution in [2.75, 3.05) is 13.1 Å². The highest BCUT2D eigenvalue weighted by Crippen LogP contribution is 2.30. The van der Waals surface area contributed by atoms with E-state index >= 15 is 0 Å². The van der Waals surface area contributed by atoms with E-state index in [9.17, 15) is 14.4 Å². The van der Waals surface area contributed by atoms with Crippen molar-refractivity contribution in [1.29, 1.82) is 0 Å². The smallest absolute Gasteiger partial charge is 0.279 e. The highest BCUT2D eigenvalue weighted by molar-refractivity contribution is 7.14. The Morgan fingerprint density at radius 1 is 0.938 bits per heavy atom. The van der Waals surface area contributed by atoms with Gasteiger partial charge in [0.2, 0.25) is 5.91 Å². The summed E-state index contributed by atoms with van der Waals surface area (Å²) in [6.07, 6.45) is 4.37. The van der Waals surface area contributed by atoms with E-state index in [0.29, 0.717) is 36.4 Å². The summed E-state index contributed by atoms with van der Waals surface area (Å²) in [5, 5.41) is 1.99. The SMILES string of the molecule is O=C(NNC(=O)C1CCN(C(=O)c2cccc3ccccc23)CC1)c1cc2c(s1)CCC2. The third-order valence-electron chi connectivity index (χ3n) is 6.44. The van der Waals surface area contributed by atoms with Crippen LogP contribution in [0.25, 0.3) is 10.8 Å². The molecule has 1 aromatic heterocycles. The minimum absolute atomic E-state index is 0.000273. The number of aryl methyl sites for hydroxylation is 2. The second-order valence-electron chi connectivity index (χ2n) is 8.45. The standard InChI is InChI=1S/C25H25N3O3S/c29-23(26-27-24(30)22-15-18-7-4-10-21(18)32-22)17-11-13-28(14-12-17)25(31)20-9-3-6-16-5-1-2-8-19(16)20/h1-3,5-6,8-9,15,17H,4,7,10-14H2,(H,26,29)(H,27,30). The zero-order valence-electron chi connectivity index (χ0n) is 17.7. The quantitative estimate of drug-likeness (QED) is 0.601. The lowest BCUT2D eigenvalue weighted by molar-refractivity contribution is -0.127. The van der Waals surface area contributed by atoms with Gasteiger partial charge in [0.05, 0.1) is 4.88 Å². The van der Waals surface area contributed by atoms with Crippen molar-refractivity contribution >= 4 is 39.8 Å². The lowest BCUT2D eigenvalue weighted by Crippen LogP contribution is -2.48. The van der Waals surface area contributed by atoms with Crippen LogP contribution >= 0.6 is 11.3 Å². The molecule has 0 atom stereocenters. The first-order valence-corrected chi connectivity index (χ1v) is 11.9. The van der Waals surface area contributed by atoms with E-state index in [0.717, 1.165) is 30.0 Å². The molecule has 7 heteroatoms. The Bertz CT molecular complexity index is 1170. The molecule has 1 aliphatic carbocycles. The first-order valence-electron chi connectivity index (χ1n) is 11.1. The van der Waals surface area contributed by atoms with Crippen molar-refractivity contribution in [1.82, 2.24) is 15.8 Å². The fourth-order valence-electron chi connectivity index (χ4n) is 4.65. The minimum atomic E-state index is -0.263.